The van der Waals surface area contributed by atoms with E-state index in [4.69, 9.17) is 0 Å². The van der Waals surface area contributed by atoms with Crippen LogP contribution in [-0.4, -0.2) is 19.1 Å². The zero-order chi connectivity index (χ0) is 14.6. The lowest BCUT2D eigenvalue weighted by Crippen LogP contribution is -2.14. The van der Waals surface area contributed by atoms with Gasteiger partial charge in [0.15, 0.2) is 0 Å². The molecule has 1 aromatic heterocycles. The fraction of sp³-hybridized carbons (Fsp3) is 0.167. The number of H-pyrrole nitrogens is 1. The van der Waals surface area contributed by atoms with Gasteiger partial charge in [0.25, 0.3) is 5.56 Å². The Kier molecular flexibility index (Phi) is 2.45. The minimum absolute atomic E-state index is 0.0100. The monoisotopic (exact) mass is 276 g/mol. The summed E-state index contributed by atoms with van der Waals surface area (Å²) in [4.78, 5) is 17.6. The van der Waals surface area contributed by atoms with Crippen molar-refractivity contribution in [2.24, 2.45) is 0 Å². The number of benzene rings is 2. The van der Waals surface area contributed by atoms with E-state index in [2.05, 4.69) is 34.1 Å². The number of fused-ring (bicyclic) bond motifs is 5. The molecule has 0 saturated heterocycles. The topological polar surface area (TPSA) is 36.1 Å². The Morgan fingerprint density at radius 3 is 2.67 bits per heavy atom. The van der Waals surface area contributed by atoms with Gasteiger partial charge in [0, 0.05) is 42.5 Å². The number of anilines is 1. The molecule has 0 spiro atoms. The zero-order valence-electron chi connectivity index (χ0n) is 12.1. The van der Waals surface area contributed by atoms with Crippen molar-refractivity contribution in [3.63, 3.8) is 0 Å². The Balaban J connectivity index is 2.17. The third-order valence-corrected chi connectivity index (χ3v) is 4.26. The van der Waals surface area contributed by atoms with Crippen molar-refractivity contribution in [2.45, 2.75) is 6.42 Å². The molecule has 1 aliphatic rings. The summed E-state index contributed by atoms with van der Waals surface area (Å²) >= 11 is 0. The highest BCUT2D eigenvalue weighted by Crippen LogP contribution is 2.40. The van der Waals surface area contributed by atoms with Gasteiger partial charge < -0.3 is 9.88 Å². The molecular weight excluding hydrogens is 260 g/mol. The lowest BCUT2D eigenvalue weighted by molar-refractivity contribution is 1.13. The standard InChI is InChI=1S/C18H16N2O/c1-20(2)15-9-5-8-13-16(15)14-10-11-6-3-4-7-12(11)17(14)19-18(13)21/h3-9H,10H2,1-2H3,(H,19,21). The van der Waals surface area contributed by atoms with Crippen LogP contribution in [0.15, 0.2) is 47.3 Å². The number of hydrogen-bond acceptors (Lipinski definition) is 2. The molecule has 3 nitrogen and oxygen atoms in total. The maximum absolute atomic E-state index is 12.4. The Morgan fingerprint density at radius 2 is 1.86 bits per heavy atom. The van der Waals surface area contributed by atoms with E-state index < -0.39 is 0 Å². The maximum atomic E-state index is 12.4. The molecule has 0 bridgehead atoms. The van der Waals surface area contributed by atoms with E-state index in [0.717, 1.165) is 34.1 Å². The molecule has 104 valence electrons. The SMILES string of the molecule is CN(C)c1cccc2c(=O)[nH]c3c(c12)Cc1ccccc1-3. The molecule has 3 aromatic rings. The number of nitrogens with one attached hydrogen (secondary N) is 1. The molecule has 1 heterocycles. The molecule has 0 aliphatic heterocycles. The molecule has 0 fully saturated rings. The summed E-state index contributed by atoms with van der Waals surface area (Å²) in [6, 6.07) is 14.2. The second-order valence-corrected chi connectivity index (χ2v) is 5.74. The smallest absolute Gasteiger partial charge is 0.256 e. The van der Waals surface area contributed by atoms with Gasteiger partial charge in [0.05, 0.1) is 5.69 Å². The Hall–Kier alpha value is -2.55. The molecule has 0 radical (unpaired) electrons. The van der Waals surface area contributed by atoms with Crippen molar-refractivity contribution in [1.82, 2.24) is 4.98 Å². The molecule has 1 N–H and O–H groups in total. The third kappa shape index (κ3) is 1.64. The quantitative estimate of drug-likeness (QED) is 0.579. The summed E-state index contributed by atoms with van der Waals surface area (Å²) in [5.74, 6) is 0. The predicted octanol–water partition coefficient (Wildman–Crippen LogP) is 3.17. The lowest BCUT2D eigenvalue weighted by atomic mass is 10.0. The predicted molar refractivity (Wildman–Crippen MR) is 87.1 cm³/mol. The van der Waals surface area contributed by atoms with E-state index in [0.29, 0.717) is 0 Å². The first-order valence-electron chi connectivity index (χ1n) is 7.10. The van der Waals surface area contributed by atoms with E-state index in [1.807, 2.05) is 32.3 Å². The van der Waals surface area contributed by atoms with E-state index in [1.54, 1.807) is 0 Å². The van der Waals surface area contributed by atoms with Crippen molar-refractivity contribution < 1.29 is 0 Å². The van der Waals surface area contributed by atoms with Crippen LogP contribution in [0.3, 0.4) is 0 Å². The summed E-state index contributed by atoms with van der Waals surface area (Å²) in [6.45, 7) is 0. The first-order valence-corrected chi connectivity index (χ1v) is 7.10. The summed E-state index contributed by atoms with van der Waals surface area (Å²) in [5, 5.41) is 1.85. The van der Waals surface area contributed by atoms with Crippen molar-refractivity contribution in [3.8, 4) is 11.3 Å². The largest absolute Gasteiger partial charge is 0.377 e. The molecule has 21 heavy (non-hydrogen) atoms. The second-order valence-electron chi connectivity index (χ2n) is 5.74. The lowest BCUT2D eigenvalue weighted by Gasteiger charge is -2.17. The van der Waals surface area contributed by atoms with Crippen LogP contribution < -0.4 is 10.5 Å². The first-order chi connectivity index (χ1) is 10.2. The fourth-order valence-corrected chi connectivity index (χ4v) is 3.32. The van der Waals surface area contributed by atoms with Gasteiger partial charge >= 0.3 is 0 Å². The van der Waals surface area contributed by atoms with Gasteiger partial charge in [0.2, 0.25) is 0 Å². The van der Waals surface area contributed by atoms with E-state index in [-0.39, 0.29) is 5.56 Å². The summed E-state index contributed by atoms with van der Waals surface area (Å²) in [5.41, 5.74) is 5.74. The minimum atomic E-state index is -0.0100. The van der Waals surface area contributed by atoms with Gasteiger partial charge in [-0.05, 0) is 23.3 Å². The van der Waals surface area contributed by atoms with E-state index in [1.165, 1.54) is 11.1 Å². The van der Waals surface area contributed by atoms with Crippen molar-refractivity contribution >= 4 is 16.5 Å². The average molecular weight is 276 g/mol. The number of hydrogen-bond donors (Lipinski definition) is 1. The Morgan fingerprint density at radius 1 is 1.05 bits per heavy atom. The molecule has 0 amide bonds. The maximum Gasteiger partial charge on any atom is 0.256 e. The van der Waals surface area contributed by atoms with Crippen LogP contribution >= 0.6 is 0 Å². The highest BCUT2D eigenvalue weighted by atomic mass is 16.1. The van der Waals surface area contributed by atoms with Gasteiger partial charge in [0.1, 0.15) is 0 Å². The van der Waals surface area contributed by atoms with Gasteiger partial charge in [-0.15, -0.1) is 0 Å². The number of aromatic amines is 1. The number of aromatic nitrogens is 1. The number of pyridine rings is 1. The van der Waals surface area contributed by atoms with E-state index in [9.17, 15) is 4.79 Å². The summed E-state index contributed by atoms with van der Waals surface area (Å²) < 4.78 is 0. The van der Waals surface area contributed by atoms with E-state index >= 15 is 0 Å². The van der Waals surface area contributed by atoms with Gasteiger partial charge in [-0.2, -0.15) is 0 Å². The highest BCUT2D eigenvalue weighted by molar-refractivity contribution is 6.01. The molecule has 2 aromatic carbocycles. The van der Waals surface area contributed by atoms with Crippen LogP contribution in [0.4, 0.5) is 5.69 Å². The normalized spacial score (nSPS) is 12.3. The number of rotatable bonds is 1. The molecule has 0 atom stereocenters. The minimum Gasteiger partial charge on any atom is -0.377 e. The zero-order valence-corrected chi connectivity index (χ0v) is 12.1. The second kappa shape index (κ2) is 4.22. The molecule has 0 unspecified atom stereocenters. The van der Waals surface area contributed by atoms with Gasteiger partial charge in [-0.1, -0.05) is 30.3 Å². The molecule has 4 rings (SSSR count). The highest BCUT2D eigenvalue weighted by Gasteiger charge is 2.23. The molecule has 3 heteroatoms. The average Bonchev–Trinajstić information content (AvgIpc) is 2.85. The van der Waals surface area contributed by atoms with Crippen molar-refractivity contribution in [2.75, 3.05) is 19.0 Å². The van der Waals surface area contributed by atoms with Crippen LogP contribution in [0, 0.1) is 0 Å². The third-order valence-electron chi connectivity index (χ3n) is 4.26. The molecular formula is C18H16N2O. The van der Waals surface area contributed by atoms with Crippen LogP contribution in [0.25, 0.3) is 22.0 Å². The van der Waals surface area contributed by atoms with Crippen LogP contribution in [-0.2, 0) is 6.42 Å². The molecule has 0 saturated carbocycles. The number of nitrogens with zero attached hydrogens (tertiary/aromatic N) is 1. The Bertz CT molecular complexity index is 922. The first kappa shape index (κ1) is 12.2. The van der Waals surface area contributed by atoms with Crippen molar-refractivity contribution in [3.05, 3.63) is 63.9 Å². The van der Waals surface area contributed by atoms with Crippen LogP contribution in [0.2, 0.25) is 0 Å². The van der Waals surface area contributed by atoms with Crippen LogP contribution in [0.1, 0.15) is 11.1 Å². The summed E-state index contributed by atoms with van der Waals surface area (Å²) in [7, 11) is 4.04. The van der Waals surface area contributed by atoms with Gasteiger partial charge in [-0.25, -0.2) is 0 Å². The van der Waals surface area contributed by atoms with Crippen LogP contribution in [0.5, 0.6) is 0 Å². The van der Waals surface area contributed by atoms with Gasteiger partial charge in [-0.3, -0.25) is 4.79 Å². The van der Waals surface area contributed by atoms with Crippen molar-refractivity contribution in [1.29, 1.82) is 0 Å². The molecule has 1 aliphatic carbocycles. The Labute approximate surface area is 122 Å². The fourth-order valence-electron chi connectivity index (χ4n) is 3.32. The summed E-state index contributed by atoms with van der Waals surface area (Å²) in [6.07, 6.45) is 0.879.